The summed E-state index contributed by atoms with van der Waals surface area (Å²) in [7, 11) is 1.83. The van der Waals surface area contributed by atoms with Crippen LogP contribution >= 0.6 is 0 Å². The normalized spacial score (nSPS) is 12.4. The summed E-state index contributed by atoms with van der Waals surface area (Å²) in [5.74, 6) is 0. The number of aliphatic hydroxyl groups is 1. The standard InChI is InChI=1S/C10H20F3NO/c1-14(7-3-2-4-9-15)8-5-6-10(11,12)13/h15H,2-9H2,1H3. The van der Waals surface area contributed by atoms with Crippen molar-refractivity contribution in [2.75, 3.05) is 26.7 Å². The van der Waals surface area contributed by atoms with Gasteiger partial charge in [0.25, 0.3) is 0 Å². The van der Waals surface area contributed by atoms with E-state index >= 15 is 0 Å². The average molecular weight is 227 g/mol. The molecule has 5 heteroatoms. The summed E-state index contributed by atoms with van der Waals surface area (Å²) in [4.78, 5) is 1.91. The molecule has 0 aromatic rings. The summed E-state index contributed by atoms with van der Waals surface area (Å²) in [5.41, 5.74) is 0. The number of alkyl halides is 3. The molecule has 0 unspecified atom stereocenters. The molecule has 2 nitrogen and oxygen atoms in total. The van der Waals surface area contributed by atoms with Crippen LogP contribution in [0.25, 0.3) is 0 Å². The van der Waals surface area contributed by atoms with Gasteiger partial charge >= 0.3 is 6.18 Å². The van der Waals surface area contributed by atoms with Crippen molar-refractivity contribution in [1.82, 2.24) is 4.90 Å². The lowest BCUT2D eigenvalue weighted by molar-refractivity contribution is -0.136. The molecule has 0 saturated carbocycles. The molecule has 0 aliphatic heterocycles. The van der Waals surface area contributed by atoms with E-state index in [4.69, 9.17) is 5.11 Å². The zero-order valence-electron chi connectivity index (χ0n) is 9.19. The first kappa shape index (κ1) is 14.7. The molecule has 0 spiro atoms. The van der Waals surface area contributed by atoms with Crippen LogP contribution in [0, 0.1) is 0 Å². The van der Waals surface area contributed by atoms with E-state index in [1.165, 1.54) is 0 Å². The van der Waals surface area contributed by atoms with Gasteiger partial charge in [-0.05, 0) is 45.8 Å². The molecule has 1 N–H and O–H groups in total. The summed E-state index contributed by atoms with van der Waals surface area (Å²) in [6, 6.07) is 0. The second kappa shape index (κ2) is 7.93. The molecule has 15 heavy (non-hydrogen) atoms. The number of hydrogen-bond donors (Lipinski definition) is 1. The summed E-state index contributed by atoms with van der Waals surface area (Å²) in [6.45, 7) is 1.48. The zero-order chi connectivity index (χ0) is 11.7. The molecular weight excluding hydrogens is 207 g/mol. The number of nitrogens with zero attached hydrogens (tertiary/aromatic N) is 1. The lowest BCUT2D eigenvalue weighted by atomic mass is 10.2. The van der Waals surface area contributed by atoms with Gasteiger partial charge in [-0.2, -0.15) is 13.2 Å². The Morgan fingerprint density at radius 1 is 1.00 bits per heavy atom. The van der Waals surface area contributed by atoms with Gasteiger partial charge in [0.05, 0.1) is 0 Å². The van der Waals surface area contributed by atoms with E-state index in [9.17, 15) is 13.2 Å². The Morgan fingerprint density at radius 2 is 1.60 bits per heavy atom. The molecule has 0 aromatic heterocycles. The molecule has 0 heterocycles. The third-order valence-electron chi connectivity index (χ3n) is 2.20. The topological polar surface area (TPSA) is 23.5 Å². The van der Waals surface area contributed by atoms with Gasteiger partial charge in [0.15, 0.2) is 0 Å². The molecule has 0 radical (unpaired) electrons. The van der Waals surface area contributed by atoms with Gasteiger partial charge < -0.3 is 10.0 Å². The fourth-order valence-electron chi connectivity index (χ4n) is 1.33. The van der Waals surface area contributed by atoms with Gasteiger partial charge in [0.2, 0.25) is 0 Å². The third-order valence-corrected chi connectivity index (χ3v) is 2.20. The first-order chi connectivity index (χ1) is 6.95. The smallest absolute Gasteiger partial charge is 0.389 e. The van der Waals surface area contributed by atoms with E-state index < -0.39 is 12.6 Å². The Morgan fingerprint density at radius 3 is 2.13 bits per heavy atom. The van der Waals surface area contributed by atoms with E-state index in [0.29, 0.717) is 6.54 Å². The SMILES string of the molecule is CN(CCCCCO)CCCC(F)(F)F. The van der Waals surface area contributed by atoms with E-state index in [0.717, 1.165) is 25.8 Å². The van der Waals surface area contributed by atoms with Crippen LogP contribution in [0.1, 0.15) is 32.1 Å². The van der Waals surface area contributed by atoms with Crippen molar-refractivity contribution in [3.05, 3.63) is 0 Å². The average Bonchev–Trinajstić information content (AvgIpc) is 2.10. The maximum Gasteiger partial charge on any atom is 0.389 e. The molecule has 0 bridgehead atoms. The molecule has 92 valence electrons. The van der Waals surface area contributed by atoms with E-state index in [2.05, 4.69) is 0 Å². The first-order valence-electron chi connectivity index (χ1n) is 5.32. The Hall–Kier alpha value is -0.290. The van der Waals surface area contributed by atoms with E-state index in [1.807, 2.05) is 11.9 Å². The minimum atomic E-state index is -4.03. The first-order valence-corrected chi connectivity index (χ1v) is 5.32. The lowest BCUT2D eigenvalue weighted by Gasteiger charge is -2.16. The molecule has 0 saturated heterocycles. The fraction of sp³-hybridized carbons (Fsp3) is 1.00. The van der Waals surface area contributed by atoms with Crippen molar-refractivity contribution in [2.45, 2.75) is 38.3 Å². The van der Waals surface area contributed by atoms with Crippen molar-refractivity contribution in [1.29, 1.82) is 0 Å². The molecule has 0 amide bonds. The minimum absolute atomic E-state index is 0.167. The summed E-state index contributed by atoms with van der Waals surface area (Å²) in [6.07, 6.45) is -1.93. The molecule has 0 aliphatic rings. The number of halogens is 3. The van der Waals surface area contributed by atoms with Crippen molar-refractivity contribution in [3.8, 4) is 0 Å². The van der Waals surface area contributed by atoms with Gasteiger partial charge in [-0.25, -0.2) is 0 Å². The van der Waals surface area contributed by atoms with Crippen LogP contribution in [-0.2, 0) is 0 Å². The van der Waals surface area contributed by atoms with Crippen LogP contribution in [0.15, 0.2) is 0 Å². The molecule has 0 fully saturated rings. The minimum Gasteiger partial charge on any atom is -0.396 e. The molecular formula is C10H20F3NO. The third kappa shape index (κ3) is 11.6. The summed E-state index contributed by atoms with van der Waals surface area (Å²) >= 11 is 0. The zero-order valence-corrected chi connectivity index (χ0v) is 9.19. The second-order valence-electron chi connectivity index (χ2n) is 3.81. The number of hydrogen-bond acceptors (Lipinski definition) is 2. The fourth-order valence-corrected chi connectivity index (χ4v) is 1.33. The largest absolute Gasteiger partial charge is 0.396 e. The predicted molar refractivity (Wildman–Crippen MR) is 53.7 cm³/mol. The van der Waals surface area contributed by atoms with Crippen LogP contribution in [0.3, 0.4) is 0 Å². The van der Waals surface area contributed by atoms with Crippen LogP contribution in [0.4, 0.5) is 13.2 Å². The Balaban J connectivity index is 3.29. The molecule has 0 rings (SSSR count). The van der Waals surface area contributed by atoms with Crippen LogP contribution in [0.5, 0.6) is 0 Å². The highest BCUT2D eigenvalue weighted by Gasteiger charge is 2.26. The number of aliphatic hydroxyl groups excluding tert-OH is 1. The monoisotopic (exact) mass is 227 g/mol. The van der Waals surface area contributed by atoms with Gasteiger partial charge in [0.1, 0.15) is 0 Å². The van der Waals surface area contributed by atoms with Gasteiger partial charge in [-0.1, -0.05) is 0 Å². The highest BCUT2D eigenvalue weighted by atomic mass is 19.4. The van der Waals surface area contributed by atoms with Crippen LogP contribution in [0.2, 0.25) is 0 Å². The van der Waals surface area contributed by atoms with Crippen molar-refractivity contribution in [2.24, 2.45) is 0 Å². The van der Waals surface area contributed by atoms with Crippen LogP contribution < -0.4 is 0 Å². The second-order valence-corrected chi connectivity index (χ2v) is 3.81. The van der Waals surface area contributed by atoms with Crippen molar-refractivity contribution < 1.29 is 18.3 Å². The highest BCUT2D eigenvalue weighted by Crippen LogP contribution is 2.21. The Labute approximate surface area is 89.1 Å². The summed E-state index contributed by atoms with van der Waals surface area (Å²) in [5, 5.41) is 8.52. The summed E-state index contributed by atoms with van der Waals surface area (Å²) < 4.78 is 35.4. The van der Waals surface area contributed by atoms with E-state index in [1.54, 1.807) is 0 Å². The maximum absolute atomic E-state index is 11.8. The lowest BCUT2D eigenvalue weighted by Crippen LogP contribution is -2.22. The predicted octanol–water partition coefficient (Wildman–Crippen LogP) is 2.42. The molecule has 0 aliphatic carbocycles. The Kier molecular flexibility index (Phi) is 7.78. The van der Waals surface area contributed by atoms with Gasteiger partial charge in [-0.15, -0.1) is 0 Å². The molecule has 0 aromatic carbocycles. The Bertz CT molecular complexity index is 150. The quantitative estimate of drug-likeness (QED) is 0.644. The molecule has 0 atom stereocenters. The maximum atomic E-state index is 11.8. The number of rotatable bonds is 8. The van der Waals surface area contributed by atoms with Crippen molar-refractivity contribution >= 4 is 0 Å². The van der Waals surface area contributed by atoms with Gasteiger partial charge in [0, 0.05) is 13.0 Å². The highest BCUT2D eigenvalue weighted by molar-refractivity contribution is 4.56. The number of unbranched alkanes of at least 4 members (excludes halogenated alkanes) is 2. The van der Waals surface area contributed by atoms with E-state index in [-0.39, 0.29) is 13.0 Å². The van der Waals surface area contributed by atoms with Crippen LogP contribution in [-0.4, -0.2) is 42.9 Å². The van der Waals surface area contributed by atoms with Gasteiger partial charge in [-0.3, -0.25) is 0 Å². The van der Waals surface area contributed by atoms with Crippen molar-refractivity contribution in [3.63, 3.8) is 0 Å².